The molecular formula is C24H28N4O3S. The van der Waals surface area contributed by atoms with Crippen LogP contribution in [0.3, 0.4) is 0 Å². The van der Waals surface area contributed by atoms with E-state index >= 15 is 0 Å². The first-order chi connectivity index (χ1) is 15.5. The molecule has 2 aliphatic heterocycles. The van der Waals surface area contributed by atoms with Crippen LogP contribution < -0.4 is 5.43 Å². The van der Waals surface area contributed by atoms with Gasteiger partial charge in [0.2, 0.25) is 5.91 Å². The predicted molar refractivity (Wildman–Crippen MR) is 124 cm³/mol. The molecule has 2 aromatic heterocycles. The molecule has 2 aliphatic rings. The van der Waals surface area contributed by atoms with Gasteiger partial charge >= 0.3 is 5.97 Å². The standard InChI is InChI=1S/C24H28N4O3S/c1-15-13-21(29)28-10-3-5-19(26-28)24(30)31-12-4-9-27-11-8-17-6-7-18(14-20(17)27)22-16(2)32-23(15)25-22/h6-8,11,14-15,19,26H,3-5,9-10,12-13H2,1-2H3. The summed E-state index contributed by atoms with van der Waals surface area (Å²) >= 11 is 1.66. The number of hydrogen-bond acceptors (Lipinski definition) is 6. The van der Waals surface area contributed by atoms with Crippen LogP contribution in [0.25, 0.3) is 22.2 Å². The number of esters is 1. The number of carbonyl (C=O) groups is 2. The molecule has 0 aliphatic carbocycles. The summed E-state index contributed by atoms with van der Waals surface area (Å²) in [6.07, 6.45) is 4.62. The number of carbonyl (C=O) groups excluding carboxylic acids is 2. The number of thiazole rings is 1. The van der Waals surface area contributed by atoms with Crippen LogP contribution in [-0.2, 0) is 20.9 Å². The first-order valence-electron chi connectivity index (χ1n) is 11.3. The van der Waals surface area contributed by atoms with Crippen LogP contribution in [0.4, 0.5) is 0 Å². The molecule has 1 fully saturated rings. The van der Waals surface area contributed by atoms with Gasteiger partial charge in [-0.1, -0.05) is 19.1 Å². The Morgan fingerprint density at radius 3 is 2.94 bits per heavy atom. The van der Waals surface area contributed by atoms with E-state index in [2.05, 4.69) is 47.4 Å². The van der Waals surface area contributed by atoms with E-state index < -0.39 is 6.04 Å². The van der Waals surface area contributed by atoms with Crippen molar-refractivity contribution < 1.29 is 14.3 Å². The van der Waals surface area contributed by atoms with Gasteiger partial charge in [-0.3, -0.25) is 14.6 Å². The minimum absolute atomic E-state index is 0.000513. The van der Waals surface area contributed by atoms with Gasteiger partial charge in [-0.2, -0.15) is 0 Å². The van der Waals surface area contributed by atoms with Crippen LogP contribution in [0.2, 0.25) is 0 Å². The van der Waals surface area contributed by atoms with Gasteiger partial charge in [-0.15, -0.1) is 11.3 Å². The fourth-order valence-electron chi connectivity index (χ4n) is 4.53. The molecule has 32 heavy (non-hydrogen) atoms. The van der Waals surface area contributed by atoms with Gasteiger partial charge in [-0.05, 0) is 43.7 Å². The van der Waals surface area contributed by atoms with Crippen molar-refractivity contribution >= 4 is 34.1 Å². The van der Waals surface area contributed by atoms with E-state index in [1.54, 1.807) is 16.3 Å². The number of hydrogen-bond donors (Lipinski definition) is 1. The second-order valence-electron chi connectivity index (χ2n) is 8.74. The van der Waals surface area contributed by atoms with E-state index in [0.29, 0.717) is 26.0 Å². The van der Waals surface area contributed by atoms with Crippen molar-refractivity contribution in [2.24, 2.45) is 0 Å². The summed E-state index contributed by atoms with van der Waals surface area (Å²) in [6.45, 7) is 5.87. The molecule has 4 heterocycles. The van der Waals surface area contributed by atoms with Crippen LogP contribution in [0.5, 0.6) is 0 Å². The predicted octanol–water partition coefficient (Wildman–Crippen LogP) is 4.01. The lowest BCUT2D eigenvalue weighted by atomic mass is 10.1. The molecule has 168 valence electrons. The van der Waals surface area contributed by atoms with Crippen LogP contribution in [-0.4, -0.2) is 45.6 Å². The molecule has 5 rings (SSSR count). The fourth-order valence-corrected chi connectivity index (χ4v) is 5.52. The Hall–Kier alpha value is -2.71. The Morgan fingerprint density at radius 2 is 2.06 bits per heavy atom. The third kappa shape index (κ3) is 4.04. The molecule has 1 N–H and O–H groups in total. The zero-order valence-corrected chi connectivity index (χ0v) is 19.3. The van der Waals surface area contributed by atoms with Crippen molar-refractivity contribution in [1.29, 1.82) is 0 Å². The molecule has 0 saturated carbocycles. The summed E-state index contributed by atoms with van der Waals surface area (Å²) in [4.78, 5) is 31.6. The van der Waals surface area contributed by atoms with Crippen LogP contribution in [0, 0.1) is 6.92 Å². The van der Waals surface area contributed by atoms with Gasteiger partial charge < -0.3 is 9.30 Å². The first kappa shape index (κ1) is 21.2. The van der Waals surface area contributed by atoms with Gasteiger partial charge in [-0.25, -0.2) is 10.4 Å². The van der Waals surface area contributed by atoms with Crippen molar-refractivity contribution in [3.8, 4) is 11.3 Å². The first-order valence-corrected chi connectivity index (χ1v) is 12.1. The smallest absolute Gasteiger partial charge is 0.324 e. The minimum atomic E-state index is -0.467. The van der Waals surface area contributed by atoms with Crippen molar-refractivity contribution in [3.63, 3.8) is 0 Å². The fraction of sp³-hybridized carbons (Fsp3) is 0.458. The number of aromatic nitrogens is 2. The third-order valence-electron chi connectivity index (χ3n) is 6.32. The maximum absolute atomic E-state index is 12.9. The lowest BCUT2D eigenvalue weighted by Gasteiger charge is -2.33. The largest absolute Gasteiger partial charge is 0.464 e. The molecular weight excluding hydrogens is 424 g/mol. The van der Waals surface area contributed by atoms with Crippen molar-refractivity contribution in [2.75, 3.05) is 13.2 Å². The molecule has 2 unspecified atom stereocenters. The van der Waals surface area contributed by atoms with Crippen molar-refractivity contribution in [3.05, 3.63) is 40.3 Å². The lowest BCUT2D eigenvalue weighted by Crippen LogP contribution is -2.55. The number of nitrogens with zero attached hydrogens (tertiary/aromatic N) is 3. The summed E-state index contributed by atoms with van der Waals surface area (Å²) in [6, 6.07) is 8.08. The summed E-state index contributed by atoms with van der Waals surface area (Å²) in [7, 11) is 0. The maximum Gasteiger partial charge on any atom is 0.324 e. The van der Waals surface area contributed by atoms with Gasteiger partial charge in [0.05, 0.1) is 17.3 Å². The number of benzene rings is 1. The van der Waals surface area contributed by atoms with E-state index in [9.17, 15) is 9.59 Å². The molecule has 1 aromatic carbocycles. The lowest BCUT2D eigenvalue weighted by molar-refractivity contribution is -0.152. The van der Waals surface area contributed by atoms with Crippen molar-refractivity contribution in [1.82, 2.24) is 20.0 Å². The van der Waals surface area contributed by atoms with E-state index in [4.69, 9.17) is 9.72 Å². The molecule has 8 heteroatoms. The second-order valence-corrected chi connectivity index (χ2v) is 9.97. The van der Waals surface area contributed by atoms with E-state index in [-0.39, 0.29) is 17.8 Å². The number of nitrogens with one attached hydrogen (secondary N) is 1. The normalized spacial score (nSPS) is 22.6. The average molecular weight is 453 g/mol. The van der Waals surface area contributed by atoms with Crippen LogP contribution >= 0.6 is 11.3 Å². The number of fused-ring (bicyclic) bond motifs is 6. The average Bonchev–Trinajstić information content (AvgIpc) is 3.39. The van der Waals surface area contributed by atoms with E-state index in [0.717, 1.165) is 46.0 Å². The summed E-state index contributed by atoms with van der Waals surface area (Å²) in [5.41, 5.74) is 6.32. The number of hydrazine groups is 1. The number of cyclic esters (lactones) is 1. The molecule has 0 radical (unpaired) electrons. The number of ether oxygens (including phenoxy) is 1. The van der Waals surface area contributed by atoms with Crippen LogP contribution in [0.15, 0.2) is 30.5 Å². The zero-order chi connectivity index (χ0) is 22.2. The highest BCUT2D eigenvalue weighted by atomic mass is 32.1. The minimum Gasteiger partial charge on any atom is -0.464 e. The van der Waals surface area contributed by atoms with E-state index in [1.807, 2.05) is 6.92 Å². The zero-order valence-electron chi connectivity index (χ0n) is 18.5. The SMILES string of the molecule is Cc1sc2nc1-c1ccc3ccn(c3c1)CCCOC(=O)C1CCCN(N1)C(=O)CC2C. The number of aryl methyl sites for hydroxylation is 2. The Labute approximate surface area is 191 Å². The second kappa shape index (κ2) is 8.67. The third-order valence-corrected chi connectivity index (χ3v) is 7.52. The monoisotopic (exact) mass is 452 g/mol. The maximum atomic E-state index is 12.9. The summed E-state index contributed by atoms with van der Waals surface area (Å²) in [5.74, 6) is -0.290. The Bertz CT molecular complexity index is 1170. The molecule has 2 atom stereocenters. The molecule has 6 bridgehead atoms. The van der Waals surface area contributed by atoms with Gasteiger partial charge in [0.15, 0.2) is 0 Å². The highest BCUT2D eigenvalue weighted by Gasteiger charge is 2.30. The van der Waals surface area contributed by atoms with Crippen LogP contribution in [0.1, 0.15) is 48.4 Å². The summed E-state index contributed by atoms with van der Waals surface area (Å²) in [5, 5.41) is 3.74. The van der Waals surface area contributed by atoms with Gasteiger partial charge in [0.1, 0.15) is 6.04 Å². The van der Waals surface area contributed by atoms with Crippen molar-refractivity contribution in [2.45, 2.75) is 58.0 Å². The highest BCUT2D eigenvalue weighted by molar-refractivity contribution is 7.12. The van der Waals surface area contributed by atoms with E-state index in [1.165, 1.54) is 5.39 Å². The molecule has 1 saturated heterocycles. The van der Waals surface area contributed by atoms with Gasteiger partial charge in [0, 0.05) is 47.6 Å². The summed E-state index contributed by atoms with van der Waals surface area (Å²) < 4.78 is 7.74. The Morgan fingerprint density at radius 1 is 1.19 bits per heavy atom. The Kier molecular flexibility index (Phi) is 5.73. The molecule has 3 aromatic rings. The molecule has 0 spiro atoms. The highest BCUT2D eigenvalue weighted by Crippen LogP contribution is 2.34. The topological polar surface area (TPSA) is 76.5 Å². The molecule has 1 amide bonds. The number of rotatable bonds is 0. The van der Waals surface area contributed by atoms with Gasteiger partial charge in [0.25, 0.3) is 0 Å². The Balaban J connectivity index is 1.50. The molecule has 7 nitrogen and oxygen atoms in total. The quantitative estimate of drug-likeness (QED) is 0.522. The number of amides is 1.